The molecule has 0 fully saturated rings. The van der Waals surface area contributed by atoms with E-state index in [4.69, 9.17) is 14.2 Å². The Balaban J connectivity index is 2.27. The van der Waals surface area contributed by atoms with Gasteiger partial charge in [0.2, 0.25) is 0 Å². The minimum atomic E-state index is -0.843. The molecule has 0 aliphatic rings. The van der Waals surface area contributed by atoms with Crippen molar-refractivity contribution in [1.29, 1.82) is 0 Å². The number of esters is 2. The largest absolute Gasteiger partial charge is 0.497 e. The summed E-state index contributed by atoms with van der Waals surface area (Å²) in [6, 6.07) is 6.54. The van der Waals surface area contributed by atoms with E-state index in [1.54, 1.807) is 24.1 Å². The lowest BCUT2D eigenvalue weighted by atomic mass is 10.1. The Morgan fingerprint density at radius 3 is 2.52 bits per heavy atom. The van der Waals surface area contributed by atoms with E-state index < -0.39 is 18.0 Å². The summed E-state index contributed by atoms with van der Waals surface area (Å²) in [4.78, 5) is 29.5. The number of unbranched alkanes of at least 4 members (excludes halogenated alkanes) is 2. The molecule has 1 unspecified atom stereocenters. The van der Waals surface area contributed by atoms with Crippen LogP contribution in [0.4, 0.5) is 0 Å². The predicted molar refractivity (Wildman–Crippen MR) is 110 cm³/mol. The maximum absolute atomic E-state index is 12.8. The van der Waals surface area contributed by atoms with Gasteiger partial charge in [0.15, 0.2) is 0 Å². The summed E-state index contributed by atoms with van der Waals surface area (Å²) in [5.74, 6) is 0.343. The van der Waals surface area contributed by atoms with Crippen molar-refractivity contribution >= 4 is 11.9 Å². The molecule has 0 saturated heterocycles. The first-order chi connectivity index (χ1) is 14.1. The second-order valence-electron chi connectivity index (χ2n) is 6.71. The molecule has 158 valence electrons. The van der Waals surface area contributed by atoms with Crippen LogP contribution in [0.2, 0.25) is 0 Å². The van der Waals surface area contributed by atoms with Crippen LogP contribution in [-0.2, 0) is 19.1 Å². The fourth-order valence-electron chi connectivity index (χ4n) is 2.81. The third-order valence-electron chi connectivity index (χ3n) is 4.47. The molecular formula is C22H30N2O5. The summed E-state index contributed by atoms with van der Waals surface area (Å²) in [7, 11) is 1.59. The van der Waals surface area contributed by atoms with Gasteiger partial charge in [-0.2, -0.15) is 0 Å². The van der Waals surface area contributed by atoms with Crippen LogP contribution >= 0.6 is 0 Å². The van der Waals surface area contributed by atoms with Crippen molar-refractivity contribution in [1.82, 2.24) is 9.55 Å². The third-order valence-corrected chi connectivity index (χ3v) is 4.47. The molecule has 1 aromatic carbocycles. The molecule has 0 radical (unpaired) electrons. The predicted octanol–water partition coefficient (Wildman–Crippen LogP) is 4.18. The first kappa shape index (κ1) is 22.5. The summed E-state index contributed by atoms with van der Waals surface area (Å²) in [5.41, 5.74) is 0.778. The summed E-state index contributed by atoms with van der Waals surface area (Å²) < 4.78 is 17.6. The van der Waals surface area contributed by atoms with E-state index in [9.17, 15) is 9.59 Å². The number of benzene rings is 1. The highest BCUT2D eigenvalue weighted by atomic mass is 16.5. The van der Waals surface area contributed by atoms with E-state index in [1.165, 1.54) is 0 Å². The van der Waals surface area contributed by atoms with Crippen molar-refractivity contribution in [2.75, 3.05) is 20.3 Å². The monoisotopic (exact) mass is 402 g/mol. The van der Waals surface area contributed by atoms with E-state index in [0.29, 0.717) is 24.8 Å². The lowest BCUT2D eigenvalue weighted by Gasteiger charge is -2.19. The number of nitrogens with zero attached hydrogens (tertiary/aromatic N) is 2. The van der Waals surface area contributed by atoms with Crippen LogP contribution in [0.5, 0.6) is 5.75 Å². The molecule has 0 spiro atoms. The van der Waals surface area contributed by atoms with Crippen LogP contribution in [0, 0.1) is 0 Å². The topological polar surface area (TPSA) is 79.7 Å². The summed E-state index contributed by atoms with van der Waals surface area (Å²) in [5, 5.41) is 0. The molecule has 1 atom stereocenters. The molecule has 2 aromatic rings. The number of ether oxygens (including phenoxy) is 3. The molecule has 7 heteroatoms. The zero-order valence-corrected chi connectivity index (χ0v) is 17.4. The van der Waals surface area contributed by atoms with Crippen LogP contribution in [0.25, 0.3) is 11.4 Å². The number of methoxy groups -OCH3 is 1. The van der Waals surface area contributed by atoms with Crippen molar-refractivity contribution in [2.45, 2.75) is 52.0 Å². The molecule has 2 rings (SSSR count). The molecule has 0 aliphatic heterocycles. The van der Waals surface area contributed by atoms with Gasteiger partial charge < -0.3 is 18.8 Å². The summed E-state index contributed by atoms with van der Waals surface area (Å²) >= 11 is 0. The van der Waals surface area contributed by atoms with Crippen molar-refractivity contribution in [3.8, 4) is 17.1 Å². The molecule has 7 nitrogen and oxygen atoms in total. The second-order valence-corrected chi connectivity index (χ2v) is 6.71. The smallest absolute Gasteiger partial charge is 0.329 e. The second kappa shape index (κ2) is 11.9. The SMILES string of the molecule is CCCCOC(=O)CC(C(=O)OCCCC)n1ccnc1-c1cccc(OC)c1. The molecular weight excluding hydrogens is 372 g/mol. The van der Waals surface area contributed by atoms with Gasteiger partial charge in [0, 0.05) is 18.0 Å². The van der Waals surface area contributed by atoms with Gasteiger partial charge in [0.05, 0.1) is 26.7 Å². The van der Waals surface area contributed by atoms with Gasteiger partial charge in [-0.3, -0.25) is 4.79 Å². The number of hydrogen-bond donors (Lipinski definition) is 0. The third kappa shape index (κ3) is 6.62. The average molecular weight is 402 g/mol. The number of aromatic nitrogens is 2. The van der Waals surface area contributed by atoms with E-state index in [-0.39, 0.29) is 6.42 Å². The molecule has 0 bridgehead atoms. The lowest BCUT2D eigenvalue weighted by molar-refractivity contribution is -0.154. The minimum Gasteiger partial charge on any atom is -0.497 e. The van der Waals surface area contributed by atoms with Gasteiger partial charge in [-0.05, 0) is 25.0 Å². The highest BCUT2D eigenvalue weighted by Gasteiger charge is 2.28. The van der Waals surface area contributed by atoms with Crippen LogP contribution < -0.4 is 4.74 Å². The minimum absolute atomic E-state index is 0.109. The Hall–Kier alpha value is -2.83. The van der Waals surface area contributed by atoms with Crippen molar-refractivity contribution in [3.63, 3.8) is 0 Å². The maximum Gasteiger partial charge on any atom is 0.329 e. The standard InChI is InChI=1S/C22H30N2O5/c1-4-6-13-28-20(25)16-19(22(26)29-14-7-5-2)24-12-11-23-21(24)17-9-8-10-18(15-17)27-3/h8-12,15,19H,4-7,13-14,16H2,1-3H3. The van der Waals surface area contributed by atoms with Gasteiger partial charge in [-0.1, -0.05) is 38.8 Å². The van der Waals surface area contributed by atoms with E-state index in [1.807, 2.05) is 38.1 Å². The summed E-state index contributed by atoms with van der Waals surface area (Å²) in [6.45, 7) is 4.71. The number of rotatable bonds is 12. The van der Waals surface area contributed by atoms with Crippen molar-refractivity contribution < 1.29 is 23.8 Å². The Labute approximate surface area is 172 Å². The molecule has 0 N–H and O–H groups in total. The van der Waals surface area contributed by atoms with E-state index in [0.717, 1.165) is 31.2 Å². The van der Waals surface area contributed by atoms with Crippen molar-refractivity contribution in [3.05, 3.63) is 36.7 Å². The highest BCUT2D eigenvalue weighted by molar-refractivity contribution is 5.82. The average Bonchev–Trinajstić information content (AvgIpc) is 3.22. The zero-order chi connectivity index (χ0) is 21.1. The number of hydrogen-bond acceptors (Lipinski definition) is 6. The first-order valence-corrected chi connectivity index (χ1v) is 10.1. The quantitative estimate of drug-likeness (QED) is 0.391. The van der Waals surface area contributed by atoms with E-state index >= 15 is 0 Å². The fraction of sp³-hybridized carbons (Fsp3) is 0.500. The van der Waals surface area contributed by atoms with Crippen LogP contribution in [-0.4, -0.2) is 41.8 Å². The van der Waals surface area contributed by atoms with Gasteiger partial charge in [-0.25, -0.2) is 9.78 Å². The molecule has 1 heterocycles. The Kier molecular flexibility index (Phi) is 9.21. The Morgan fingerprint density at radius 2 is 1.83 bits per heavy atom. The normalized spacial score (nSPS) is 11.7. The van der Waals surface area contributed by atoms with Gasteiger partial charge in [0.25, 0.3) is 0 Å². The highest BCUT2D eigenvalue weighted by Crippen LogP contribution is 2.27. The van der Waals surface area contributed by atoms with Crippen LogP contribution in [0.1, 0.15) is 52.0 Å². The molecule has 29 heavy (non-hydrogen) atoms. The Bertz CT molecular complexity index is 787. The van der Waals surface area contributed by atoms with Crippen molar-refractivity contribution in [2.24, 2.45) is 0 Å². The zero-order valence-electron chi connectivity index (χ0n) is 17.4. The molecule has 0 saturated carbocycles. The van der Waals surface area contributed by atoms with Crippen LogP contribution in [0.3, 0.4) is 0 Å². The maximum atomic E-state index is 12.8. The van der Waals surface area contributed by atoms with Gasteiger partial charge >= 0.3 is 11.9 Å². The molecule has 0 aliphatic carbocycles. The van der Waals surface area contributed by atoms with Crippen LogP contribution in [0.15, 0.2) is 36.7 Å². The fourth-order valence-corrected chi connectivity index (χ4v) is 2.81. The van der Waals surface area contributed by atoms with Gasteiger partial charge in [-0.15, -0.1) is 0 Å². The van der Waals surface area contributed by atoms with Gasteiger partial charge in [0.1, 0.15) is 17.6 Å². The molecule has 1 aromatic heterocycles. The number of imidazole rings is 1. The van der Waals surface area contributed by atoms with E-state index in [2.05, 4.69) is 4.98 Å². The summed E-state index contributed by atoms with van der Waals surface area (Å²) in [6.07, 6.45) is 6.57. The lowest BCUT2D eigenvalue weighted by Crippen LogP contribution is -2.26. The first-order valence-electron chi connectivity index (χ1n) is 10.1. The Morgan fingerprint density at radius 1 is 1.10 bits per heavy atom. The molecule has 0 amide bonds. The number of carbonyl (C=O) groups is 2. The number of carbonyl (C=O) groups excluding carboxylic acids is 2.